The lowest BCUT2D eigenvalue weighted by molar-refractivity contribution is -0.314. The highest BCUT2D eigenvalue weighted by atomic mass is 16.7. The van der Waals surface area contributed by atoms with Gasteiger partial charge < -0.3 is 44.7 Å². The Kier molecular flexibility index (Phi) is 12.0. The van der Waals surface area contributed by atoms with E-state index in [9.17, 15) is 14.7 Å². The number of esters is 1. The molecule has 0 spiro atoms. The zero-order chi connectivity index (χ0) is 38.3. The molecule has 298 valence electrons. The molecule has 15 atom stereocenters. The minimum Gasteiger partial charge on any atom is -0.462 e. The number of fused-ring (bicyclic) bond motifs is 5. The van der Waals surface area contributed by atoms with Crippen LogP contribution in [0.1, 0.15) is 77.7 Å². The number of hydrogen-bond donors (Lipinski definition) is 4. The molecule has 3 aliphatic carbocycles. The summed E-state index contributed by atoms with van der Waals surface area (Å²) >= 11 is 0. The van der Waals surface area contributed by atoms with Crippen molar-refractivity contribution in [1.82, 2.24) is 16.0 Å². The molecule has 3 aliphatic heterocycles. The van der Waals surface area contributed by atoms with Gasteiger partial charge in [-0.2, -0.15) is 0 Å². The van der Waals surface area contributed by atoms with Crippen LogP contribution in [0, 0.1) is 35.5 Å². The molecule has 5 N–H and O–H groups in total. The Labute approximate surface area is 319 Å². The molecule has 6 aliphatic rings. The van der Waals surface area contributed by atoms with Crippen molar-refractivity contribution in [3.05, 3.63) is 47.7 Å². The number of ether oxygens (including phenoxy) is 6. The summed E-state index contributed by atoms with van der Waals surface area (Å²) in [5.41, 5.74) is 15.7. The summed E-state index contributed by atoms with van der Waals surface area (Å²) in [5, 5.41) is 14.7. The minimum absolute atomic E-state index is 0.0307. The summed E-state index contributed by atoms with van der Waals surface area (Å²) in [6, 6.07) is 7.21. The number of hydrazine groups is 2. The van der Waals surface area contributed by atoms with Crippen molar-refractivity contribution in [2.45, 2.75) is 127 Å². The Hall–Kier alpha value is -3.04. The molecule has 7 rings (SSSR count). The summed E-state index contributed by atoms with van der Waals surface area (Å²) in [5.74, 6) is -1.34. The van der Waals surface area contributed by atoms with Gasteiger partial charge in [-0.25, -0.2) is 0 Å². The highest BCUT2D eigenvalue weighted by molar-refractivity contribution is 5.98. The molecule has 2 saturated heterocycles. The Morgan fingerprint density at radius 2 is 1.67 bits per heavy atom. The number of carbonyl (C=O) groups excluding carboxylic acids is 2. The van der Waals surface area contributed by atoms with Crippen LogP contribution in [0.3, 0.4) is 0 Å². The molecular weight excluding hydrogens is 692 g/mol. The van der Waals surface area contributed by atoms with Gasteiger partial charge in [0.15, 0.2) is 12.1 Å². The third kappa shape index (κ3) is 7.45. The Bertz CT molecular complexity index is 1550. The molecule has 4 fully saturated rings. The maximum absolute atomic E-state index is 14.3. The predicted octanol–water partition coefficient (Wildman–Crippen LogP) is 4.12. The van der Waals surface area contributed by atoms with Crippen molar-refractivity contribution >= 4 is 23.1 Å². The molecule has 54 heavy (non-hydrogen) atoms. The topological polar surface area (TPSA) is 163 Å². The molecule has 2 saturated carbocycles. The van der Waals surface area contributed by atoms with Crippen molar-refractivity contribution in [1.29, 1.82) is 0 Å². The van der Waals surface area contributed by atoms with E-state index >= 15 is 0 Å². The van der Waals surface area contributed by atoms with Gasteiger partial charge >= 0.3 is 5.97 Å². The van der Waals surface area contributed by atoms with Crippen LogP contribution in [0.15, 0.2) is 42.1 Å². The third-order valence-corrected chi connectivity index (χ3v) is 13.3. The van der Waals surface area contributed by atoms with Crippen LogP contribution in [-0.2, 0) is 38.0 Å². The van der Waals surface area contributed by atoms with E-state index in [0.717, 1.165) is 43.4 Å². The number of anilines is 1. The first-order valence-corrected chi connectivity index (χ1v) is 20.0. The fraction of sp³-hybridized carbons (Fsp3) is 0.707. The van der Waals surface area contributed by atoms with Gasteiger partial charge in [0, 0.05) is 56.5 Å². The number of hydrogen-bond acceptors (Lipinski definition) is 13. The number of rotatable bonds is 8. The molecule has 1 aromatic rings. The van der Waals surface area contributed by atoms with Crippen molar-refractivity contribution in [2.75, 3.05) is 27.1 Å². The average molecular weight is 753 g/mol. The van der Waals surface area contributed by atoms with E-state index < -0.39 is 36.6 Å². The average Bonchev–Trinajstić information content (AvgIpc) is 3.90. The third-order valence-electron chi connectivity index (χ3n) is 13.3. The Balaban J connectivity index is 1.23. The van der Waals surface area contributed by atoms with E-state index in [2.05, 4.69) is 17.0 Å². The fourth-order valence-electron chi connectivity index (χ4n) is 10.6. The van der Waals surface area contributed by atoms with Crippen LogP contribution in [0.2, 0.25) is 0 Å². The second kappa shape index (κ2) is 16.6. The number of nitrogen functional groups attached to an aromatic ring is 1. The normalized spacial score (nSPS) is 41.4. The van der Waals surface area contributed by atoms with Crippen LogP contribution in [-0.4, -0.2) is 98.3 Å². The number of aliphatic hydroxyl groups is 1. The second-order valence-electron chi connectivity index (χ2n) is 16.3. The highest BCUT2D eigenvalue weighted by Gasteiger charge is 2.61. The molecule has 0 bridgehead atoms. The number of benzene rings is 1. The number of nitrogens with zero attached hydrogens (tertiary/aromatic N) is 1. The summed E-state index contributed by atoms with van der Waals surface area (Å²) in [7, 11) is 4.90. The maximum Gasteiger partial charge on any atom is 0.306 e. The largest absolute Gasteiger partial charge is 0.462 e. The summed E-state index contributed by atoms with van der Waals surface area (Å²) in [6.07, 6.45) is 6.12. The molecule has 1 aromatic carbocycles. The Morgan fingerprint density at radius 3 is 2.37 bits per heavy atom. The fourth-order valence-corrected chi connectivity index (χ4v) is 10.6. The zero-order valence-corrected chi connectivity index (χ0v) is 32.5. The van der Waals surface area contributed by atoms with E-state index in [4.69, 9.17) is 34.2 Å². The molecule has 4 unspecified atom stereocenters. The van der Waals surface area contributed by atoms with Gasteiger partial charge in [-0.1, -0.05) is 38.5 Å². The summed E-state index contributed by atoms with van der Waals surface area (Å²) in [4.78, 5) is 27.9. The summed E-state index contributed by atoms with van der Waals surface area (Å²) < 4.78 is 36.8. The highest BCUT2D eigenvalue weighted by Crippen LogP contribution is 2.58. The lowest BCUT2D eigenvalue weighted by Gasteiger charge is -2.49. The van der Waals surface area contributed by atoms with Gasteiger partial charge in [-0.05, 0) is 80.9 Å². The van der Waals surface area contributed by atoms with Crippen LogP contribution in [0.5, 0.6) is 0 Å². The van der Waals surface area contributed by atoms with Gasteiger partial charge in [0.25, 0.3) is 0 Å². The Morgan fingerprint density at radius 1 is 0.963 bits per heavy atom. The molecule has 0 radical (unpaired) electrons. The number of carbonyl (C=O) groups is 2. The van der Waals surface area contributed by atoms with Crippen LogP contribution in [0.25, 0.3) is 5.70 Å². The first-order chi connectivity index (χ1) is 26.1. The number of cyclic esters (lactones) is 1. The molecule has 13 nitrogen and oxygen atoms in total. The van der Waals surface area contributed by atoms with Gasteiger partial charge in [0.2, 0.25) is 0 Å². The zero-order valence-electron chi connectivity index (χ0n) is 32.5. The molecular formula is C41H60N4O9. The number of aliphatic hydroxyl groups excluding tert-OH is 1. The number of nitrogens with one attached hydrogen (secondary N) is 2. The minimum atomic E-state index is -0.881. The van der Waals surface area contributed by atoms with Gasteiger partial charge in [-0.15, -0.1) is 5.53 Å². The number of Topliss-reactive ketones (excluding diaryl/α,β-unsaturated/α-hetero) is 1. The van der Waals surface area contributed by atoms with E-state index in [-0.39, 0.29) is 72.2 Å². The van der Waals surface area contributed by atoms with E-state index in [1.165, 1.54) is 0 Å². The van der Waals surface area contributed by atoms with Crippen molar-refractivity contribution < 1.29 is 43.1 Å². The number of nitrogens with two attached hydrogens (primary N) is 1. The number of methoxy groups -OCH3 is 3. The summed E-state index contributed by atoms with van der Waals surface area (Å²) in [6.45, 7) is 6.00. The SMILES string of the molecule is CC[C@H]1CCCC[C@@H](C)C(=O)C2=C[C@H]3[C@@H]4C[C@H](O[C@@H]5OC(C)[C@H](OC)[C@@H](OC)C5OC)C[C@H]4C(N4C=C(c5ccc(N)cc5)NN4)C(O)[C@H]3[C@@H]2CC(=O)O1. The number of allylic oxidation sites excluding steroid dienone is 2. The van der Waals surface area contributed by atoms with Crippen LogP contribution < -0.4 is 16.7 Å². The maximum atomic E-state index is 14.3. The number of ketones is 1. The second-order valence-corrected chi connectivity index (χ2v) is 16.3. The monoisotopic (exact) mass is 752 g/mol. The standard InChI is InChI=1S/C41H60N4O9/c1-7-25-11-9-8-10-21(2)36(47)31-18-28-27-16-26(54-41-40(51-6)39(50-5)38(49-4)22(3)52-41)17-30(27)35(37(48)34(28)29(31)19-33(46)53-25)45-20-32(43-44-45)23-12-14-24(42)15-13-23/h12-15,18,20-22,25-30,34-35,37-41,43-44,48H,7-11,16-17,19,42H2,1-6H3/t21-,22?,25+,26+,27+,28+,29-,30-,34-,35?,37?,38+,39-,40?,41+/m1/s1. The van der Waals surface area contributed by atoms with Crippen molar-refractivity contribution in [3.63, 3.8) is 0 Å². The van der Waals surface area contributed by atoms with E-state index in [0.29, 0.717) is 24.1 Å². The molecule has 0 aromatic heterocycles. The lowest BCUT2D eigenvalue weighted by Crippen LogP contribution is -2.60. The first kappa shape index (κ1) is 39.2. The van der Waals surface area contributed by atoms with Crippen molar-refractivity contribution in [2.24, 2.45) is 35.5 Å². The van der Waals surface area contributed by atoms with E-state index in [1.54, 1.807) is 21.3 Å². The smallest absolute Gasteiger partial charge is 0.306 e. The predicted molar refractivity (Wildman–Crippen MR) is 201 cm³/mol. The molecule has 3 heterocycles. The van der Waals surface area contributed by atoms with Gasteiger partial charge in [-0.3, -0.25) is 14.6 Å². The van der Waals surface area contributed by atoms with Crippen LogP contribution in [0.4, 0.5) is 5.69 Å². The van der Waals surface area contributed by atoms with Gasteiger partial charge in [0.05, 0.1) is 36.5 Å². The first-order valence-electron chi connectivity index (χ1n) is 20.0. The molecule has 0 amide bonds. The van der Waals surface area contributed by atoms with E-state index in [1.807, 2.05) is 56.2 Å². The quantitative estimate of drug-likeness (QED) is 0.222. The van der Waals surface area contributed by atoms with Gasteiger partial charge in [0.1, 0.15) is 24.4 Å². The van der Waals surface area contributed by atoms with Crippen LogP contribution >= 0.6 is 0 Å². The molecule has 13 heteroatoms. The van der Waals surface area contributed by atoms with Crippen molar-refractivity contribution in [3.8, 4) is 0 Å². The lowest BCUT2D eigenvalue weighted by atomic mass is 9.62.